The van der Waals surface area contributed by atoms with Gasteiger partial charge in [-0.2, -0.15) is 0 Å². The lowest BCUT2D eigenvalue weighted by atomic mass is 9.95. The van der Waals surface area contributed by atoms with Crippen molar-refractivity contribution in [2.75, 3.05) is 0 Å². The molecule has 70 valence electrons. The zero-order valence-corrected chi connectivity index (χ0v) is 8.64. The molecular weight excluding hydrogens is 206 g/mol. The van der Waals surface area contributed by atoms with E-state index >= 15 is 0 Å². The van der Waals surface area contributed by atoms with Gasteiger partial charge in [-0.05, 0) is 6.07 Å². The zero-order chi connectivity index (χ0) is 10.4. The zero-order valence-electron chi connectivity index (χ0n) is 7.83. The van der Waals surface area contributed by atoms with Crippen LogP contribution in [0, 0.1) is 5.82 Å². The summed E-state index contributed by atoms with van der Waals surface area (Å²) in [6.45, 7) is 0. The first-order chi connectivity index (χ1) is 7.25. The van der Waals surface area contributed by atoms with Gasteiger partial charge in [0.25, 0.3) is 0 Å². The topological polar surface area (TPSA) is 0 Å². The highest BCUT2D eigenvalue weighted by atomic mass is 32.1. The average molecular weight is 212 g/mol. The van der Waals surface area contributed by atoms with Crippen LogP contribution in [0.1, 0.15) is 0 Å². The maximum absolute atomic E-state index is 13.5. The SMILES string of the molecule is [B]c1ccc2c(c1)sc1c(F)cccc12. The summed E-state index contributed by atoms with van der Waals surface area (Å²) >= 11 is 1.45. The molecule has 1 heterocycles. The summed E-state index contributed by atoms with van der Waals surface area (Å²) in [6, 6.07) is 10.8. The van der Waals surface area contributed by atoms with Gasteiger partial charge >= 0.3 is 0 Å². The van der Waals surface area contributed by atoms with Crippen molar-refractivity contribution in [1.29, 1.82) is 0 Å². The van der Waals surface area contributed by atoms with Crippen molar-refractivity contribution in [3.63, 3.8) is 0 Å². The minimum atomic E-state index is -0.160. The van der Waals surface area contributed by atoms with E-state index in [1.807, 2.05) is 24.3 Å². The van der Waals surface area contributed by atoms with Gasteiger partial charge in [-0.15, -0.1) is 11.3 Å². The highest BCUT2D eigenvalue weighted by Crippen LogP contribution is 2.34. The van der Waals surface area contributed by atoms with Crippen LogP contribution in [-0.2, 0) is 0 Å². The van der Waals surface area contributed by atoms with Crippen LogP contribution in [0.4, 0.5) is 4.39 Å². The molecule has 0 spiro atoms. The standard InChI is InChI=1S/C12H6BFS/c13-7-4-5-8-9-2-1-3-10(14)12(9)15-11(8)6-7/h1-6H. The molecule has 0 N–H and O–H groups in total. The van der Waals surface area contributed by atoms with Gasteiger partial charge in [0.2, 0.25) is 0 Å². The van der Waals surface area contributed by atoms with Crippen LogP contribution in [0.5, 0.6) is 0 Å². The summed E-state index contributed by atoms with van der Waals surface area (Å²) in [5, 5.41) is 2.04. The van der Waals surface area contributed by atoms with E-state index in [0.29, 0.717) is 4.70 Å². The molecule has 0 saturated carbocycles. The minimum absolute atomic E-state index is 0.160. The Kier molecular flexibility index (Phi) is 1.83. The molecule has 0 aliphatic heterocycles. The Morgan fingerprint density at radius 1 is 1.07 bits per heavy atom. The molecule has 3 rings (SSSR count). The van der Waals surface area contributed by atoms with Crippen molar-refractivity contribution in [3.8, 4) is 0 Å². The third-order valence-electron chi connectivity index (χ3n) is 2.47. The smallest absolute Gasteiger partial charge is 0.141 e. The number of halogens is 1. The van der Waals surface area contributed by atoms with E-state index in [4.69, 9.17) is 7.85 Å². The van der Waals surface area contributed by atoms with Gasteiger partial charge in [-0.1, -0.05) is 35.8 Å². The highest BCUT2D eigenvalue weighted by molar-refractivity contribution is 7.25. The van der Waals surface area contributed by atoms with Crippen molar-refractivity contribution >= 4 is 44.8 Å². The van der Waals surface area contributed by atoms with Crippen LogP contribution >= 0.6 is 11.3 Å². The molecule has 1 aromatic heterocycles. The van der Waals surface area contributed by atoms with Crippen LogP contribution in [-0.4, -0.2) is 7.85 Å². The Bertz CT molecular complexity index is 657. The van der Waals surface area contributed by atoms with E-state index in [9.17, 15) is 4.39 Å². The molecule has 0 nitrogen and oxygen atoms in total. The van der Waals surface area contributed by atoms with Crippen LogP contribution in [0.25, 0.3) is 20.2 Å². The van der Waals surface area contributed by atoms with Crippen molar-refractivity contribution in [1.82, 2.24) is 0 Å². The lowest BCUT2D eigenvalue weighted by Crippen LogP contribution is -1.98. The van der Waals surface area contributed by atoms with Crippen molar-refractivity contribution in [2.24, 2.45) is 0 Å². The van der Waals surface area contributed by atoms with Gasteiger partial charge < -0.3 is 0 Å². The fourth-order valence-corrected chi connectivity index (χ4v) is 2.94. The Labute approximate surface area is 91.8 Å². The minimum Gasteiger partial charge on any atom is -0.205 e. The average Bonchev–Trinajstić information content (AvgIpc) is 2.57. The van der Waals surface area contributed by atoms with E-state index in [0.717, 1.165) is 20.9 Å². The fraction of sp³-hybridized carbons (Fsp3) is 0. The maximum Gasteiger partial charge on any atom is 0.141 e. The predicted molar refractivity (Wildman–Crippen MR) is 64.7 cm³/mol. The summed E-state index contributed by atoms with van der Waals surface area (Å²) in [6.07, 6.45) is 0. The number of thiophene rings is 1. The van der Waals surface area contributed by atoms with E-state index < -0.39 is 0 Å². The van der Waals surface area contributed by atoms with Crippen LogP contribution in [0.3, 0.4) is 0 Å². The van der Waals surface area contributed by atoms with Crippen molar-refractivity contribution in [3.05, 3.63) is 42.2 Å². The first-order valence-corrected chi connectivity index (χ1v) is 5.43. The Hall–Kier alpha value is -1.35. The number of rotatable bonds is 0. The second-order valence-corrected chi connectivity index (χ2v) is 4.53. The summed E-state index contributed by atoms with van der Waals surface area (Å²) in [4.78, 5) is 0. The highest BCUT2D eigenvalue weighted by Gasteiger charge is 2.07. The molecule has 3 heteroatoms. The molecule has 0 saturated heterocycles. The third kappa shape index (κ3) is 1.27. The Morgan fingerprint density at radius 2 is 1.93 bits per heavy atom. The van der Waals surface area contributed by atoms with E-state index in [1.165, 1.54) is 17.4 Å². The monoisotopic (exact) mass is 212 g/mol. The van der Waals surface area contributed by atoms with Crippen molar-refractivity contribution < 1.29 is 4.39 Å². The fourth-order valence-electron chi connectivity index (χ4n) is 1.78. The van der Waals surface area contributed by atoms with Gasteiger partial charge in [0.05, 0.1) is 4.70 Å². The van der Waals surface area contributed by atoms with E-state index in [-0.39, 0.29) is 5.82 Å². The quantitative estimate of drug-likeness (QED) is 0.502. The third-order valence-corrected chi connectivity index (χ3v) is 3.65. The van der Waals surface area contributed by atoms with Gasteiger partial charge in [-0.25, -0.2) is 4.39 Å². The van der Waals surface area contributed by atoms with Crippen LogP contribution in [0.2, 0.25) is 0 Å². The van der Waals surface area contributed by atoms with Gasteiger partial charge in [0.1, 0.15) is 13.7 Å². The summed E-state index contributed by atoms with van der Waals surface area (Å²) < 4.78 is 15.2. The normalized spacial score (nSPS) is 11.3. The second-order valence-electron chi connectivity index (χ2n) is 3.47. The van der Waals surface area contributed by atoms with E-state index in [2.05, 4.69) is 0 Å². The number of benzene rings is 2. The molecule has 2 aromatic carbocycles. The second kappa shape index (κ2) is 3.07. The summed E-state index contributed by atoms with van der Waals surface area (Å²) in [5.74, 6) is -0.160. The number of hydrogen-bond acceptors (Lipinski definition) is 1. The molecule has 0 unspecified atom stereocenters. The Balaban J connectivity index is 2.57. The summed E-state index contributed by atoms with van der Waals surface area (Å²) in [7, 11) is 5.70. The molecule has 15 heavy (non-hydrogen) atoms. The number of hydrogen-bond donors (Lipinski definition) is 0. The van der Waals surface area contributed by atoms with Gasteiger partial charge in [-0.3, -0.25) is 0 Å². The predicted octanol–water partition coefficient (Wildman–Crippen LogP) is 2.99. The van der Waals surface area contributed by atoms with Gasteiger partial charge in [0.15, 0.2) is 0 Å². The first kappa shape index (κ1) is 8.92. The lowest BCUT2D eigenvalue weighted by Gasteiger charge is -1.93. The van der Waals surface area contributed by atoms with Crippen LogP contribution < -0.4 is 5.46 Å². The molecular formula is C12H6BFS. The molecule has 0 atom stereocenters. The molecule has 0 amide bonds. The molecule has 2 radical (unpaired) electrons. The molecule has 0 aliphatic carbocycles. The maximum atomic E-state index is 13.5. The largest absolute Gasteiger partial charge is 0.205 e. The Morgan fingerprint density at radius 3 is 2.80 bits per heavy atom. The lowest BCUT2D eigenvalue weighted by molar-refractivity contribution is 0.642. The van der Waals surface area contributed by atoms with Gasteiger partial charge in [0, 0.05) is 15.5 Å². The molecule has 3 aromatic rings. The summed E-state index contributed by atoms with van der Waals surface area (Å²) in [5.41, 5.74) is 0.717. The first-order valence-electron chi connectivity index (χ1n) is 4.62. The van der Waals surface area contributed by atoms with Crippen LogP contribution in [0.15, 0.2) is 36.4 Å². The van der Waals surface area contributed by atoms with E-state index in [1.54, 1.807) is 6.07 Å². The molecule has 0 bridgehead atoms. The molecule has 0 fully saturated rings. The number of fused-ring (bicyclic) bond motifs is 3. The molecule has 0 aliphatic rings. The van der Waals surface area contributed by atoms with Crippen molar-refractivity contribution in [2.45, 2.75) is 0 Å².